The van der Waals surface area contributed by atoms with Gasteiger partial charge in [0.15, 0.2) is 5.69 Å². The fourth-order valence-corrected chi connectivity index (χ4v) is 2.55. The summed E-state index contributed by atoms with van der Waals surface area (Å²) < 4.78 is 0. The van der Waals surface area contributed by atoms with Gasteiger partial charge in [0.2, 0.25) is 5.82 Å². The van der Waals surface area contributed by atoms with Gasteiger partial charge in [-0.2, -0.15) is 0 Å². The summed E-state index contributed by atoms with van der Waals surface area (Å²) in [6, 6.07) is 1.92. The number of rotatable bonds is 4. The highest BCUT2D eigenvalue weighted by Gasteiger charge is 2.25. The summed E-state index contributed by atoms with van der Waals surface area (Å²) in [4.78, 5) is 19.6. The Labute approximate surface area is 108 Å². The molecule has 0 amide bonds. The predicted octanol–water partition coefficient (Wildman–Crippen LogP) is 2.85. The van der Waals surface area contributed by atoms with E-state index in [9.17, 15) is 10.1 Å². The number of anilines is 1. The molecule has 0 saturated carbocycles. The number of hydrogen-bond acceptors (Lipinski definition) is 6. The van der Waals surface area contributed by atoms with Crippen LogP contribution in [0.1, 0.15) is 12.5 Å². The molecule has 6 nitrogen and oxygen atoms in total. The van der Waals surface area contributed by atoms with E-state index in [0.29, 0.717) is 12.2 Å². The van der Waals surface area contributed by atoms with E-state index >= 15 is 0 Å². The highest BCUT2D eigenvalue weighted by atomic mass is 32.1. The maximum atomic E-state index is 11.2. The smallest absolute Gasteiger partial charge is 0.338 e. The lowest BCUT2D eigenvalue weighted by atomic mass is 10.2. The van der Waals surface area contributed by atoms with Gasteiger partial charge in [-0.1, -0.05) is 0 Å². The van der Waals surface area contributed by atoms with Gasteiger partial charge in [0.05, 0.1) is 9.80 Å². The third-order valence-corrected chi connectivity index (χ3v) is 3.45. The van der Waals surface area contributed by atoms with Crippen LogP contribution in [0.4, 0.5) is 11.5 Å². The largest absolute Gasteiger partial charge is 0.364 e. The maximum absolute atomic E-state index is 11.2. The summed E-state index contributed by atoms with van der Waals surface area (Å²) >= 11 is 1.44. The molecular formula is C11H12N4O2S. The Morgan fingerprint density at radius 1 is 1.50 bits per heavy atom. The Kier molecular flexibility index (Phi) is 3.52. The van der Waals surface area contributed by atoms with Crippen molar-refractivity contribution in [3.63, 3.8) is 0 Å². The Morgan fingerprint density at radius 3 is 2.83 bits per heavy atom. The molecule has 0 unspecified atom stereocenters. The molecule has 2 aromatic rings. The first kappa shape index (κ1) is 12.4. The van der Waals surface area contributed by atoms with Crippen LogP contribution in [0.15, 0.2) is 17.8 Å². The van der Waals surface area contributed by atoms with Gasteiger partial charge in [-0.25, -0.2) is 9.97 Å². The van der Waals surface area contributed by atoms with Gasteiger partial charge in [0.1, 0.15) is 6.33 Å². The molecule has 2 heterocycles. The number of nitro groups is 1. The Bertz CT molecular complexity index is 582. The lowest BCUT2D eigenvalue weighted by Crippen LogP contribution is -2.06. The van der Waals surface area contributed by atoms with E-state index in [-0.39, 0.29) is 11.5 Å². The molecule has 0 atom stereocenters. The second kappa shape index (κ2) is 5.09. The lowest BCUT2D eigenvalue weighted by Gasteiger charge is -2.06. The molecule has 1 N–H and O–H groups in total. The van der Waals surface area contributed by atoms with Gasteiger partial charge in [-0.05, 0) is 30.9 Å². The van der Waals surface area contributed by atoms with Crippen LogP contribution >= 0.6 is 11.3 Å². The maximum Gasteiger partial charge on any atom is 0.338 e. The van der Waals surface area contributed by atoms with Crippen LogP contribution in [0, 0.1) is 17.0 Å². The van der Waals surface area contributed by atoms with Crippen LogP contribution in [0.3, 0.4) is 0 Å². The van der Waals surface area contributed by atoms with Crippen LogP contribution in [-0.4, -0.2) is 21.4 Å². The number of thiophene rings is 1. The van der Waals surface area contributed by atoms with Gasteiger partial charge in [0.25, 0.3) is 0 Å². The van der Waals surface area contributed by atoms with Crippen molar-refractivity contribution in [2.75, 3.05) is 11.9 Å². The first-order valence-electron chi connectivity index (χ1n) is 5.42. The zero-order chi connectivity index (χ0) is 13.1. The second-order valence-electron chi connectivity index (χ2n) is 3.64. The highest BCUT2D eigenvalue weighted by molar-refractivity contribution is 7.13. The van der Waals surface area contributed by atoms with Crippen molar-refractivity contribution >= 4 is 22.8 Å². The van der Waals surface area contributed by atoms with Crippen molar-refractivity contribution in [3.05, 3.63) is 33.5 Å². The van der Waals surface area contributed by atoms with E-state index in [4.69, 9.17) is 0 Å². The van der Waals surface area contributed by atoms with Gasteiger partial charge in [-0.3, -0.25) is 10.1 Å². The molecule has 0 aromatic carbocycles. The van der Waals surface area contributed by atoms with Crippen LogP contribution in [0.25, 0.3) is 10.6 Å². The molecule has 0 aliphatic heterocycles. The first-order valence-corrected chi connectivity index (χ1v) is 6.30. The van der Waals surface area contributed by atoms with Crippen molar-refractivity contribution in [2.24, 2.45) is 0 Å². The topological polar surface area (TPSA) is 81.0 Å². The third-order valence-electron chi connectivity index (χ3n) is 2.43. The first-order chi connectivity index (χ1) is 8.65. The number of aromatic nitrogens is 2. The van der Waals surface area contributed by atoms with Gasteiger partial charge >= 0.3 is 5.69 Å². The molecule has 0 spiro atoms. The van der Waals surface area contributed by atoms with Crippen molar-refractivity contribution in [3.8, 4) is 10.6 Å². The summed E-state index contributed by atoms with van der Waals surface area (Å²) in [6.45, 7) is 4.34. The predicted molar refractivity (Wildman–Crippen MR) is 70.9 cm³/mol. The Hall–Kier alpha value is -2.02. The van der Waals surface area contributed by atoms with Crippen LogP contribution in [0.5, 0.6) is 0 Å². The molecular weight excluding hydrogens is 252 g/mol. The molecule has 0 aliphatic rings. The van der Waals surface area contributed by atoms with Crippen molar-refractivity contribution in [1.82, 2.24) is 9.97 Å². The van der Waals surface area contributed by atoms with Gasteiger partial charge in [-0.15, -0.1) is 11.3 Å². The van der Waals surface area contributed by atoms with Crippen molar-refractivity contribution < 1.29 is 4.92 Å². The van der Waals surface area contributed by atoms with E-state index < -0.39 is 4.92 Å². The third kappa shape index (κ3) is 2.17. The summed E-state index contributed by atoms with van der Waals surface area (Å²) in [6.07, 6.45) is 1.35. The van der Waals surface area contributed by atoms with Crippen LogP contribution in [0.2, 0.25) is 0 Å². The molecule has 7 heteroatoms. The molecule has 94 valence electrons. The van der Waals surface area contributed by atoms with Crippen LogP contribution in [-0.2, 0) is 0 Å². The standard InChI is InChI=1S/C11H12N4O2S/c1-3-12-11-9(15(16)17)8(13-6-14-11)10-7(2)4-5-18-10/h4-6H,3H2,1-2H3,(H,12,13,14). The summed E-state index contributed by atoms with van der Waals surface area (Å²) in [5.74, 6) is 0.264. The van der Waals surface area contributed by atoms with E-state index in [0.717, 1.165) is 10.4 Å². The molecule has 2 rings (SSSR count). The quantitative estimate of drug-likeness (QED) is 0.678. The fourth-order valence-electron chi connectivity index (χ4n) is 1.63. The van der Waals surface area contributed by atoms with E-state index in [1.165, 1.54) is 17.7 Å². The molecule has 2 aromatic heterocycles. The second-order valence-corrected chi connectivity index (χ2v) is 4.56. The zero-order valence-corrected chi connectivity index (χ0v) is 10.8. The molecule has 18 heavy (non-hydrogen) atoms. The Balaban J connectivity index is 2.64. The van der Waals surface area contributed by atoms with Gasteiger partial charge < -0.3 is 5.32 Å². The average molecular weight is 264 g/mol. The number of nitrogens with zero attached hydrogens (tertiary/aromatic N) is 3. The van der Waals surface area contributed by atoms with Gasteiger partial charge in [0, 0.05) is 6.54 Å². The minimum atomic E-state index is -0.438. The fraction of sp³-hybridized carbons (Fsp3) is 0.273. The molecule has 0 saturated heterocycles. The summed E-state index contributed by atoms with van der Waals surface area (Å²) in [5.41, 5.74) is 1.28. The monoisotopic (exact) mass is 264 g/mol. The molecule has 0 fully saturated rings. The normalized spacial score (nSPS) is 10.3. The van der Waals surface area contributed by atoms with Crippen molar-refractivity contribution in [1.29, 1.82) is 0 Å². The lowest BCUT2D eigenvalue weighted by molar-refractivity contribution is -0.383. The summed E-state index contributed by atoms with van der Waals surface area (Å²) in [7, 11) is 0. The zero-order valence-electron chi connectivity index (χ0n) is 10.0. The highest BCUT2D eigenvalue weighted by Crippen LogP contribution is 2.37. The van der Waals surface area contributed by atoms with E-state index in [2.05, 4.69) is 15.3 Å². The summed E-state index contributed by atoms with van der Waals surface area (Å²) in [5, 5.41) is 16.0. The number of hydrogen-bond donors (Lipinski definition) is 1. The molecule has 0 radical (unpaired) electrons. The van der Waals surface area contributed by atoms with E-state index in [1.807, 2.05) is 25.3 Å². The minimum Gasteiger partial charge on any atom is -0.364 e. The molecule has 0 bridgehead atoms. The molecule has 0 aliphatic carbocycles. The number of nitrogens with one attached hydrogen (secondary N) is 1. The van der Waals surface area contributed by atoms with Crippen LogP contribution < -0.4 is 5.32 Å². The minimum absolute atomic E-state index is 0.0649. The number of aryl methyl sites for hydroxylation is 1. The Morgan fingerprint density at radius 2 is 2.28 bits per heavy atom. The van der Waals surface area contributed by atoms with E-state index in [1.54, 1.807) is 0 Å². The average Bonchev–Trinajstić information content (AvgIpc) is 2.75. The van der Waals surface area contributed by atoms with Crippen molar-refractivity contribution in [2.45, 2.75) is 13.8 Å². The SMILES string of the molecule is CCNc1ncnc(-c2sccc2C)c1[N+](=O)[O-].